The van der Waals surface area contributed by atoms with Crippen LogP contribution < -0.4 is 0 Å². The highest BCUT2D eigenvalue weighted by Crippen LogP contribution is 2.19. The molecule has 2 rings (SSSR count). The van der Waals surface area contributed by atoms with Gasteiger partial charge in [0.05, 0.1) is 5.69 Å². The number of carbonyl (C=O) groups is 1. The average molecular weight is 240 g/mol. The zero-order chi connectivity index (χ0) is 11.9. The first-order valence-electron chi connectivity index (χ1n) is 4.82. The van der Waals surface area contributed by atoms with Crippen LogP contribution in [-0.2, 0) is 6.42 Å². The lowest BCUT2D eigenvalue weighted by molar-refractivity contribution is 0.0697. The van der Waals surface area contributed by atoms with Gasteiger partial charge in [0.25, 0.3) is 0 Å². The van der Waals surface area contributed by atoms with Crippen molar-refractivity contribution in [1.82, 2.24) is 14.6 Å². The predicted octanol–water partition coefficient (Wildman–Crippen LogP) is 1.95. The normalized spacial score (nSPS) is 10.9. The molecule has 0 saturated carbocycles. The van der Waals surface area contributed by atoms with E-state index in [0.717, 1.165) is 5.69 Å². The molecule has 6 heteroatoms. The summed E-state index contributed by atoms with van der Waals surface area (Å²) < 4.78 is 1.51. The molecule has 0 atom stereocenters. The van der Waals surface area contributed by atoms with Crippen LogP contribution in [0.15, 0.2) is 6.07 Å². The number of carboxylic acid groups (broad SMARTS) is 1. The van der Waals surface area contributed by atoms with Gasteiger partial charge in [-0.3, -0.25) is 0 Å². The third kappa shape index (κ3) is 1.53. The minimum Gasteiger partial charge on any atom is -0.477 e. The van der Waals surface area contributed by atoms with Crippen LogP contribution in [0.3, 0.4) is 0 Å². The lowest BCUT2D eigenvalue weighted by atomic mass is 10.2. The topological polar surface area (TPSA) is 67.5 Å². The summed E-state index contributed by atoms with van der Waals surface area (Å²) in [6.45, 7) is 3.66. The smallest absolute Gasteiger partial charge is 0.341 e. The number of rotatable bonds is 2. The van der Waals surface area contributed by atoms with E-state index in [1.54, 1.807) is 13.0 Å². The zero-order valence-electron chi connectivity index (χ0n) is 8.86. The van der Waals surface area contributed by atoms with Crippen molar-refractivity contribution in [2.24, 2.45) is 0 Å². The van der Waals surface area contributed by atoms with Gasteiger partial charge in [-0.25, -0.2) is 14.3 Å². The van der Waals surface area contributed by atoms with Gasteiger partial charge in [-0.1, -0.05) is 18.5 Å². The molecule has 0 bridgehead atoms. The fraction of sp³-hybridized carbons (Fsp3) is 0.300. The summed E-state index contributed by atoms with van der Waals surface area (Å²) >= 11 is 5.81. The molecule has 0 aromatic carbocycles. The molecule has 0 aliphatic rings. The van der Waals surface area contributed by atoms with Crippen LogP contribution in [0.4, 0.5) is 0 Å². The monoisotopic (exact) mass is 239 g/mol. The number of aromatic nitrogens is 3. The van der Waals surface area contributed by atoms with Gasteiger partial charge in [0.1, 0.15) is 10.7 Å². The molecule has 0 unspecified atom stereocenters. The summed E-state index contributed by atoms with van der Waals surface area (Å²) in [6, 6.07) is 1.65. The third-order valence-corrected chi connectivity index (χ3v) is 2.55. The van der Waals surface area contributed by atoms with Crippen molar-refractivity contribution in [2.45, 2.75) is 20.3 Å². The number of aryl methyl sites for hydroxylation is 2. The molecule has 0 amide bonds. The molecule has 2 aromatic rings. The molecule has 0 aliphatic heterocycles. The Bertz CT molecular complexity index is 577. The molecule has 1 N–H and O–H groups in total. The number of hydrogen-bond acceptors (Lipinski definition) is 3. The van der Waals surface area contributed by atoms with Gasteiger partial charge in [-0.15, -0.1) is 0 Å². The first kappa shape index (κ1) is 10.9. The van der Waals surface area contributed by atoms with E-state index in [0.29, 0.717) is 17.8 Å². The summed E-state index contributed by atoms with van der Waals surface area (Å²) in [5.74, 6) is -1.03. The van der Waals surface area contributed by atoms with Crippen molar-refractivity contribution in [2.75, 3.05) is 0 Å². The Labute approximate surface area is 96.7 Å². The van der Waals surface area contributed by atoms with Crippen LogP contribution >= 0.6 is 11.6 Å². The van der Waals surface area contributed by atoms with Crippen molar-refractivity contribution >= 4 is 23.2 Å². The minimum absolute atomic E-state index is 0.133. The van der Waals surface area contributed by atoms with Crippen molar-refractivity contribution in [3.05, 3.63) is 28.2 Å². The van der Waals surface area contributed by atoms with Crippen molar-refractivity contribution in [1.29, 1.82) is 0 Å². The molecule has 0 radical (unpaired) electrons. The first-order chi connectivity index (χ1) is 7.54. The molecule has 5 nitrogen and oxygen atoms in total. The molecule has 16 heavy (non-hydrogen) atoms. The van der Waals surface area contributed by atoms with E-state index in [1.807, 2.05) is 6.92 Å². The van der Waals surface area contributed by atoms with E-state index in [-0.39, 0.29) is 10.7 Å². The highest BCUT2D eigenvalue weighted by Gasteiger charge is 2.20. The quantitative estimate of drug-likeness (QED) is 0.814. The first-order valence-corrected chi connectivity index (χ1v) is 5.20. The standard InChI is InChI=1S/C10H10ClN3O2/c1-3-6-8(10(15)16)9-12-7(11)4-5(2)14(9)13-6/h4H,3H2,1-2H3,(H,15,16). The molecule has 0 fully saturated rings. The highest BCUT2D eigenvalue weighted by molar-refractivity contribution is 6.29. The maximum atomic E-state index is 11.1. The van der Waals surface area contributed by atoms with E-state index in [1.165, 1.54) is 4.52 Å². The molecular weight excluding hydrogens is 230 g/mol. The van der Waals surface area contributed by atoms with Crippen molar-refractivity contribution < 1.29 is 9.90 Å². The number of carboxylic acids is 1. The number of halogens is 1. The molecule has 2 aromatic heterocycles. The van der Waals surface area contributed by atoms with E-state index >= 15 is 0 Å². The summed E-state index contributed by atoms with van der Waals surface area (Å²) in [4.78, 5) is 15.2. The van der Waals surface area contributed by atoms with Crippen LogP contribution in [0.25, 0.3) is 5.65 Å². The third-order valence-electron chi connectivity index (χ3n) is 2.36. The fourth-order valence-corrected chi connectivity index (χ4v) is 1.87. The van der Waals surface area contributed by atoms with E-state index in [4.69, 9.17) is 16.7 Å². The number of aromatic carboxylic acids is 1. The Morgan fingerprint density at radius 2 is 2.31 bits per heavy atom. The number of nitrogens with zero attached hydrogens (tertiary/aromatic N) is 3. The van der Waals surface area contributed by atoms with Gasteiger partial charge < -0.3 is 5.11 Å². The second-order valence-electron chi connectivity index (χ2n) is 3.44. The molecule has 2 heterocycles. The molecule has 0 spiro atoms. The zero-order valence-corrected chi connectivity index (χ0v) is 9.62. The maximum absolute atomic E-state index is 11.1. The van der Waals surface area contributed by atoms with Crippen LogP contribution in [0.5, 0.6) is 0 Å². The second kappa shape index (κ2) is 3.75. The molecule has 0 saturated heterocycles. The molecule has 0 aliphatic carbocycles. The van der Waals surface area contributed by atoms with Gasteiger partial charge in [-0.05, 0) is 19.4 Å². The Hall–Kier alpha value is -1.62. The van der Waals surface area contributed by atoms with Crippen LogP contribution in [-0.4, -0.2) is 25.7 Å². The van der Waals surface area contributed by atoms with Gasteiger partial charge >= 0.3 is 5.97 Å². The second-order valence-corrected chi connectivity index (χ2v) is 3.82. The Balaban J connectivity index is 2.89. The SMILES string of the molecule is CCc1nn2c(C)cc(Cl)nc2c1C(=O)O. The molecule has 84 valence electrons. The minimum atomic E-state index is -1.03. The van der Waals surface area contributed by atoms with Crippen LogP contribution in [0.1, 0.15) is 28.7 Å². The van der Waals surface area contributed by atoms with E-state index in [9.17, 15) is 4.79 Å². The Morgan fingerprint density at radius 1 is 1.62 bits per heavy atom. The summed E-state index contributed by atoms with van der Waals surface area (Å²) in [6.07, 6.45) is 0.544. The number of fused-ring (bicyclic) bond motifs is 1. The molecular formula is C10H10ClN3O2. The van der Waals surface area contributed by atoms with Gasteiger partial charge in [0, 0.05) is 5.69 Å². The average Bonchev–Trinajstić information content (AvgIpc) is 2.56. The van der Waals surface area contributed by atoms with E-state index in [2.05, 4.69) is 10.1 Å². The fourth-order valence-electron chi connectivity index (χ4n) is 1.64. The Kier molecular flexibility index (Phi) is 2.55. The number of hydrogen-bond donors (Lipinski definition) is 1. The highest BCUT2D eigenvalue weighted by atomic mass is 35.5. The Morgan fingerprint density at radius 3 is 2.88 bits per heavy atom. The van der Waals surface area contributed by atoms with Crippen molar-refractivity contribution in [3.63, 3.8) is 0 Å². The summed E-state index contributed by atoms with van der Waals surface area (Å²) in [7, 11) is 0. The van der Waals surface area contributed by atoms with Gasteiger partial charge in [0.2, 0.25) is 0 Å². The largest absolute Gasteiger partial charge is 0.477 e. The lowest BCUT2D eigenvalue weighted by Crippen LogP contribution is -2.01. The van der Waals surface area contributed by atoms with E-state index < -0.39 is 5.97 Å². The van der Waals surface area contributed by atoms with Crippen LogP contribution in [0, 0.1) is 6.92 Å². The lowest BCUT2D eigenvalue weighted by Gasteiger charge is -1.98. The summed E-state index contributed by atoms with van der Waals surface area (Å²) in [5, 5.41) is 13.6. The predicted molar refractivity (Wildman–Crippen MR) is 59.1 cm³/mol. The van der Waals surface area contributed by atoms with Gasteiger partial charge in [-0.2, -0.15) is 5.10 Å². The van der Waals surface area contributed by atoms with Crippen LogP contribution in [0.2, 0.25) is 5.15 Å². The summed E-state index contributed by atoms with van der Waals surface area (Å²) in [5.41, 5.74) is 1.71. The van der Waals surface area contributed by atoms with Gasteiger partial charge in [0.15, 0.2) is 5.65 Å². The maximum Gasteiger partial charge on any atom is 0.341 e. The van der Waals surface area contributed by atoms with Crippen molar-refractivity contribution in [3.8, 4) is 0 Å².